The number of rotatable bonds is 3. The largest absolute Gasteiger partial charge is 0.263 e. The minimum atomic E-state index is 0.437. The lowest BCUT2D eigenvalue weighted by molar-refractivity contribution is 0.325. The Bertz CT molecular complexity index is 361. The summed E-state index contributed by atoms with van der Waals surface area (Å²) in [6, 6.07) is 2.02. The Morgan fingerprint density at radius 1 is 1.50 bits per heavy atom. The third-order valence-electron chi connectivity index (χ3n) is 3.76. The molecule has 1 aromatic heterocycles. The number of hydrogen-bond acceptors (Lipinski definition) is 1. The number of nitrogens with zero attached hydrogens (tertiary/aromatic N) is 1. The molecule has 1 atom stereocenters. The minimum absolute atomic E-state index is 0.437. The highest BCUT2D eigenvalue weighted by atomic mass is 79.9. The van der Waals surface area contributed by atoms with Gasteiger partial charge in [-0.2, -0.15) is 0 Å². The van der Waals surface area contributed by atoms with Crippen molar-refractivity contribution in [2.45, 2.75) is 43.9 Å². The maximum atomic E-state index is 6.14. The van der Waals surface area contributed by atoms with Crippen molar-refractivity contribution in [1.82, 2.24) is 4.98 Å². The fraction of sp³-hybridized carbons (Fsp3) is 0.615. The molecule has 1 heterocycles. The first kappa shape index (κ1) is 12.4. The Balaban J connectivity index is 2.07. The smallest absolute Gasteiger partial charge is 0.0621 e. The van der Waals surface area contributed by atoms with Gasteiger partial charge in [0.2, 0.25) is 0 Å². The maximum absolute atomic E-state index is 6.14. The Morgan fingerprint density at radius 2 is 2.19 bits per heavy atom. The molecule has 1 nitrogen and oxygen atoms in total. The second-order valence-electron chi connectivity index (χ2n) is 5.00. The summed E-state index contributed by atoms with van der Waals surface area (Å²) in [6.07, 6.45) is 9.92. The molecular formula is C13H17BrClN. The summed E-state index contributed by atoms with van der Waals surface area (Å²) >= 11 is 9.99. The van der Waals surface area contributed by atoms with E-state index in [1.807, 2.05) is 12.3 Å². The van der Waals surface area contributed by atoms with E-state index in [4.69, 9.17) is 11.6 Å². The molecule has 1 aromatic rings. The van der Waals surface area contributed by atoms with Gasteiger partial charge in [-0.05, 0) is 36.3 Å². The third-order valence-corrected chi connectivity index (χ3v) is 5.53. The van der Waals surface area contributed by atoms with Gasteiger partial charge < -0.3 is 0 Å². The molecular weight excluding hydrogens is 286 g/mol. The monoisotopic (exact) mass is 301 g/mol. The Morgan fingerprint density at radius 3 is 2.81 bits per heavy atom. The van der Waals surface area contributed by atoms with Crippen molar-refractivity contribution in [1.29, 1.82) is 0 Å². The number of halogens is 2. The van der Waals surface area contributed by atoms with Crippen molar-refractivity contribution < 1.29 is 0 Å². The molecule has 0 saturated heterocycles. The molecule has 1 fully saturated rings. The molecule has 1 aliphatic carbocycles. The number of pyridine rings is 1. The van der Waals surface area contributed by atoms with Gasteiger partial charge in [0, 0.05) is 17.2 Å². The van der Waals surface area contributed by atoms with Crippen LogP contribution in [-0.2, 0) is 6.42 Å². The number of alkyl halides is 1. The molecule has 0 radical (unpaired) electrons. The molecule has 0 aliphatic heterocycles. The molecule has 0 bridgehead atoms. The molecule has 2 rings (SSSR count). The lowest BCUT2D eigenvalue weighted by atomic mass is 9.82. The van der Waals surface area contributed by atoms with E-state index < -0.39 is 0 Å². The van der Waals surface area contributed by atoms with Gasteiger partial charge in [-0.1, -0.05) is 47.3 Å². The predicted molar refractivity (Wildman–Crippen MR) is 72.2 cm³/mol. The summed E-state index contributed by atoms with van der Waals surface area (Å²) in [7, 11) is 0. The lowest BCUT2D eigenvalue weighted by Crippen LogP contribution is -2.26. The minimum Gasteiger partial charge on any atom is -0.263 e. The van der Waals surface area contributed by atoms with Crippen LogP contribution < -0.4 is 0 Å². The van der Waals surface area contributed by atoms with Crippen LogP contribution in [0.5, 0.6) is 0 Å². The van der Waals surface area contributed by atoms with E-state index in [9.17, 15) is 0 Å². The summed E-state index contributed by atoms with van der Waals surface area (Å²) in [4.78, 5) is 4.54. The van der Waals surface area contributed by atoms with E-state index in [0.717, 1.165) is 11.4 Å². The molecule has 0 spiro atoms. The molecule has 1 saturated carbocycles. The highest BCUT2D eigenvalue weighted by molar-refractivity contribution is 9.09. The van der Waals surface area contributed by atoms with Crippen LogP contribution in [-0.4, -0.2) is 9.81 Å². The fourth-order valence-corrected chi connectivity index (χ4v) is 3.51. The second-order valence-corrected chi connectivity index (χ2v) is 6.51. The second kappa shape index (κ2) is 5.05. The van der Waals surface area contributed by atoms with E-state index >= 15 is 0 Å². The SMILES string of the molecule is CC1(C(Br)Cc2ccncc2Cl)CCCC1. The fourth-order valence-electron chi connectivity index (χ4n) is 2.50. The summed E-state index contributed by atoms with van der Waals surface area (Å²) in [6.45, 7) is 2.38. The van der Waals surface area contributed by atoms with Crippen molar-refractivity contribution in [2.24, 2.45) is 5.41 Å². The third kappa shape index (κ3) is 2.60. The zero-order valence-electron chi connectivity index (χ0n) is 9.55. The van der Waals surface area contributed by atoms with Crippen LogP contribution in [0.15, 0.2) is 18.5 Å². The van der Waals surface area contributed by atoms with Crippen LogP contribution in [0.1, 0.15) is 38.2 Å². The first-order valence-corrected chi connectivity index (χ1v) is 7.14. The first-order chi connectivity index (χ1) is 7.62. The van der Waals surface area contributed by atoms with Gasteiger partial charge in [0.1, 0.15) is 0 Å². The van der Waals surface area contributed by atoms with Crippen LogP contribution in [0.4, 0.5) is 0 Å². The van der Waals surface area contributed by atoms with Gasteiger partial charge in [0.15, 0.2) is 0 Å². The summed E-state index contributed by atoms with van der Waals surface area (Å²) < 4.78 is 0. The van der Waals surface area contributed by atoms with Gasteiger partial charge in [-0.25, -0.2) is 0 Å². The molecule has 1 unspecified atom stereocenters. The highest BCUT2D eigenvalue weighted by Crippen LogP contribution is 2.45. The summed E-state index contributed by atoms with van der Waals surface area (Å²) in [5.74, 6) is 0. The van der Waals surface area contributed by atoms with Crippen molar-refractivity contribution in [3.63, 3.8) is 0 Å². The molecule has 1 aliphatic rings. The molecule has 16 heavy (non-hydrogen) atoms. The van der Waals surface area contributed by atoms with E-state index in [1.54, 1.807) is 6.20 Å². The highest BCUT2D eigenvalue weighted by Gasteiger charge is 2.35. The molecule has 0 aromatic carbocycles. The van der Waals surface area contributed by atoms with Crippen LogP contribution in [0.25, 0.3) is 0 Å². The Kier molecular flexibility index (Phi) is 3.91. The van der Waals surface area contributed by atoms with Crippen LogP contribution in [0.3, 0.4) is 0 Å². The molecule has 0 N–H and O–H groups in total. The van der Waals surface area contributed by atoms with E-state index in [-0.39, 0.29) is 0 Å². The normalized spacial score (nSPS) is 20.9. The number of aromatic nitrogens is 1. The van der Waals surface area contributed by atoms with E-state index in [1.165, 1.54) is 31.2 Å². The number of hydrogen-bond donors (Lipinski definition) is 0. The van der Waals surface area contributed by atoms with Gasteiger partial charge in [-0.3, -0.25) is 4.98 Å². The average Bonchev–Trinajstić information content (AvgIpc) is 2.70. The van der Waals surface area contributed by atoms with Crippen LogP contribution in [0, 0.1) is 5.41 Å². The first-order valence-electron chi connectivity index (χ1n) is 5.84. The quantitative estimate of drug-likeness (QED) is 0.742. The lowest BCUT2D eigenvalue weighted by Gasteiger charge is -2.30. The van der Waals surface area contributed by atoms with Crippen LogP contribution >= 0.6 is 27.5 Å². The molecule has 88 valence electrons. The van der Waals surface area contributed by atoms with Gasteiger partial charge in [0.05, 0.1) is 5.02 Å². The zero-order chi connectivity index (χ0) is 11.6. The van der Waals surface area contributed by atoms with Gasteiger partial charge >= 0.3 is 0 Å². The van der Waals surface area contributed by atoms with E-state index in [0.29, 0.717) is 10.2 Å². The maximum Gasteiger partial charge on any atom is 0.0621 e. The Hall–Kier alpha value is -0.0800. The topological polar surface area (TPSA) is 12.9 Å². The van der Waals surface area contributed by atoms with Crippen LogP contribution in [0.2, 0.25) is 5.02 Å². The summed E-state index contributed by atoms with van der Waals surface area (Å²) in [5.41, 5.74) is 1.64. The van der Waals surface area contributed by atoms with Crippen molar-refractivity contribution in [2.75, 3.05) is 0 Å². The van der Waals surface area contributed by atoms with Crippen molar-refractivity contribution in [3.05, 3.63) is 29.0 Å². The average molecular weight is 303 g/mol. The molecule has 3 heteroatoms. The summed E-state index contributed by atoms with van der Waals surface area (Å²) in [5, 5.41) is 0.786. The molecule has 0 amide bonds. The van der Waals surface area contributed by atoms with Gasteiger partial charge in [0.25, 0.3) is 0 Å². The van der Waals surface area contributed by atoms with Crippen molar-refractivity contribution in [3.8, 4) is 0 Å². The zero-order valence-corrected chi connectivity index (χ0v) is 11.9. The van der Waals surface area contributed by atoms with Gasteiger partial charge in [-0.15, -0.1) is 0 Å². The standard InChI is InChI=1S/C13H17BrClN/c1-13(5-2-3-6-13)12(14)8-10-4-7-16-9-11(10)15/h4,7,9,12H,2-3,5-6,8H2,1H3. The predicted octanol–water partition coefficient (Wildman–Crippen LogP) is 4.62. The van der Waals surface area contributed by atoms with E-state index in [2.05, 4.69) is 27.8 Å². The Labute approximate surface area is 111 Å². The van der Waals surface area contributed by atoms with Crippen molar-refractivity contribution >= 4 is 27.5 Å².